The van der Waals surface area contributed by atoms with E-state index in [-0.39, 0.29) is 46.0 Å². The molecule has 0 amide bonds. The van der Waals surface area contributed by atoms with Crippen LogP contribution < -0.4 is 9.44 Å². The average Bonchev–Trinajstić information content (AvgIpc) is 3.06. The van der Waals surface area contributed by atoms with Crippen LogP contribution in [0.15, 0.2) is 93.2 Å². The first-order valence-electron chi connectivity index (χ1n) is 16.5. The second-order valence-corrected chi connectivity index (χ2v) is 18.7. The molecule has 1 aliphatic carbocycles. The Morgan fingerprint density at radius 2 is 1.28 bits per heavy atom. The van der Waals surface area contributed by atoms with Crippen molar-refractivity contribution in [3.05, 3.63) is 116 Å². The Morgan fingerprint density at radius 1 is 0.740 bits per heavy atom. The van der Waals surface area contributed by atoms with E-state index in [0.29, 0.717) is 27.9 Å². The highest BCUT2D eigenvalue weighted by molar-refractivity contribution is 7.89. The number of hydrogen-bond acceptors (Lipinski definition) is 6. The topological polar surface area (TPSA) is 98.8 Å². The second-order valence-electron chi connectivity index (χ2n) is 13.4. The number of likely N-dealkylation sites (tertiary alicyclic amines) is 1. The molecule has 0 spiro atoms. The number of likely N-dealkylation sites (N-methyl/N-ethyl adjacent to an activating group) is 2. The van der Waals surface area contributed by atoms with Crippen LogP contribution in [-0.4, -0.2) is 78.8 Å². The van der Waals surface area contributed by atoms with Crippen LogP contribution >= 0.6 is 46.4 Å². The van der Waals surface area contributed by atoms with Gasteiger partial charge in [-0.15, -0.1) is 11.6 Å². The molecule has 2 aliphatic heterocycles. The van der Waals surface area contributed by atoms with Crippen LogP contribution in [0.5, 0.6) is 0 Å². The van der Waals surface area contributed by atoms with Crippen molar-refractivity contribution in [1.29, 1.82) is 0 Å². The number of nitrogens with zero attached hydrogens (tertiary/aromatic N) is 2. The van der Waals surface area contributed by atoms with Crippen LogP contribution in [-0.2, 0) is 26.6 Å². The number of allylic oxidation sites excluding steroid dienone is 3. The molecule has 1 fully saturated rings. The van der Waals surface area contributed by atoms with Gasteiger partial charge in [-0.05, 0) is 97.7 Å². The number of unbranched alkanes of at least 4 members (excludes halogenated alkanes) is 1. The quantitative estimate of drug-likeness (QED) is 0.162. The molecule has 50 heavy (non-hydrogen) atoms. The Bertz CT molecular complexity index is 2010. The van der Waals surface area contributed by atoms with Gasteiger partial charge in [0.15, 0.2) is 0 Å². The van der Waals surface area contributed by atoms with Crippen molar-refractivity contribution in [2.75, 3.05) is 46.8 Å². The minimum Gasteiger partial charge on any atom is -0.305 e. The van der Waals surface area contributed by atoms with Crippen molar-refractivity contribution in [3.8, 4) is 0 Å². The Balaban J connectivity index is 0.995. The molecule has 1 saturated heterocycles. The van der Waals surface area contributed by atoms with E-state index in [1.807, 2.05) is 49.5 Å². The Labute approximate surface area is 315 Å². The van der Waals surface area contributed by atoms with Gasteiger partial charge in [-0.3, -0.25) is 0 Å². The standard InChI is InChI=1S/C36H40Cl4N4O4S2/c1-43-19-31(29-15-25(37)17-35(39)33(29)21-43)23-5-9-27(10-6-23)49(45,46)41-13-3-4-14-42-50(47,48)28-11-7-24(8-12-28)32-20-44(2)22-34-30(32)16-26(38)18-36(34)40/h5-12,15-18,31-33,35,41-42H,3-4,13-14,19-22H2,1-2H3. The van der Waals surface area contributed by atoms with Gasteiger partial charge in [-0.2, -0.15) is 0 Å². The van der Waals surface area contributed by atoms with Gasteiger partial charge in [0.25, 0.3) is 0 Å². The molecule has 4 unspecified atom stereocenters. The van der Waals surface area contributed by atoms with Gasteiger partial charge in [-0.25, -0.2) is 26.3 Å². The maximum absolute atomic E-state index is 13.0. The first-order valence-corrected chi connectivity index (χ1v) is 21.0. The summed E-state index contributed by atoms with van der Waals surface area (Å²) in [6.45, 7) is 3.44. The summed E-state index contributed by atoms with van der Waals surface area (Å²) in [4.78, 5) is 4.75. The number of fused-ring (bicyclic) bond motifs is 2. The van der Waals surface area contributed by atoms with Crippen molar-refractivity contribution in [1.82, 2.24) is 19.2 Å². The molecule has 3 aromatic rings. The van der Waals surface area contributed by atoms with E-state index in [1.54, 1.807) is 30.3 Å². The van der Waals surface area contributed by atoms with Gasteiger partial charge in [0.2, 0.25) is 20.0 Å². The molecule has 4 atom stereocenters. The minimum absolute atomic E-state index is 0.00346. The highest BCUT2D eigenvalue weighted by Crippen LogP contribution is 2.42. The minimum atomic E-state index is -3.75. The molecule has 0 aromatic heterocycles. The number of benzene rings is 3. The van der Waals surface area contributed by atoms with Crippen molar-refractivity contribution < 1.29 is 16.8 Å². The van der Waals surface area contributed by atoms with E-state index < -0.39 is 20.0 Å². The summed E-state index contributed by atoms with van der Waals surface area (Å²) in [6, 6.07) is 17.5. The third-order valence-electron chi connectivity index (χ3n) is 9.71. The van der Waals surface area contributed by atoms with Crippen LogP contribution in [0.4, 0.5) is 0 Å². The molecule has 3 aliphatic rings. The lowest BCUT2D eigenvalue weighted by molar-refractivity contribution is 0.240. The first-order chi connectivity index (χ1) is 23.7. The molecule has 2 heterocycles. The number of piperidine rings is 1. The Morgan fingerprint density at radius 3 is 1.86 bits per heavy atom. The summed E-state index contributed by atoms with van der Waals surface area (Å²) >= 11 is 25.8. The summed E-state index contributed by atoms with van der Waals surface area (Å²) in [6.07, 6.45) is 4.77. The summed E-state index contributed by atoms with van der Waals surface area (Å²) in [5.41, 5.74) is 5.23. The SMILES string of the molecule is CN1Cc2c(Cl)cc(Cl)cc2C(c2ccc(S(=O)(=O)NCCCCNS(=O)(=O)c3ccc(C4CN(C)CC5C4=CC(Cl)=CC5Cl)cc3)cc2)C1. The van der Waals surface area contributed by atoms with Gasteiger partial charge in [0.05, 0.1) is 15.2 Å². The third kappa shape index (κ3) is 8.46. The highest BCUT2D eigenvalue weighted by atomic mass is 35.5. The fourth-order valence-electron chi connectivity index (χ4n) is 7.18. The lowest BCUT2D eigenvalue weighted by atomic mass is 9.76. The lowest BCUT2D eigenvalue weighted by Gasteiger charge is -2.41. The zero-order chi connectivity index (χ0) is 35.8. The number of rotatable bonds is 11. The van der Waals surface area contributed by atoms with Gasteiger partial charge in [0, 0.05) is 72.1 Å². The van der Waals surface area contributed by atoms with Crippen molar-refractivity contribution in [2.24, 2.45) is 5.92 Å². The Hall–Kier alpha value is -1.96. The second kappa shape index (κ2) is 15.6. The smallest absolute Gasteiger partial charge is 0.240 e. The normalized spacial score (nSPS) is 23.2. The zero-order valence-electron chi connectivity index (χ0n) is 27.8. The number of hydrogen-bond donors (Lipinski definition) is 2. The molecule has 0 saturated carbocycles. The van der Waals surface area contributed by atoms with E-state index in [4.69, 9.17) is 46.4 Å². The maximum Gasteiger partial charge on any atom is 0.240 e. The van der Waals surface area contributed by atoms with Crippen molar-refractivity contribution >= 4 is 66.5 Å². The molecule has 3 aromatic carbocycles. The molecule has 14 heteroatoms. The average molecular weight is 799 g/mol. The molecule has 2 N–H and O–H groups in total. The molecular weight excluding hydrogens is 758 g/mol. The molecule has 0 radical (unpaired) electrons. The maximum atomic E-state index is 13.0. The van der Waals surface area contributed by atoms with E-state index in [9.17, 15) is 16.8 Å². The first kappa shape index (κ1) is 37.8. The van der Waals surface area contributed by atoms with Crippen molar-refractivity contribution in [3.63, 3.8) is 0 Å². The van der Waals surface area contributed by atoms with E-state index in [2.05, 4.69) is 26.3 Å². The summed E-state index contributed by atoms with van der Waals surface area (Å²) in [5.74, 6) is 0.208. The van der Waals surface area contributed by atoms with E-state index in [0.717, 1.165) is 48.4 Å². The molecule has 8 nitrogen and oxygen atoms in total. The molecular formula is C36H40Cl4N4O4S2. The largest absolute Gasteiger partial charge is 0.305 e. The fourth-order valence-corrected chi connectivity index (χ4v) is 10.6. The van der Waals surface area contributed by atoms with Crippen molar-refractivity contribution in [2.45, 2.75) is 46.4 Å². The summed E-state index contributed by atoms with van der Waals surface area (Å²) in [5, 5.41) is 1.64. The van der Waals surface area contributed by atoms with Crippen LogP contribution in [0.1, 0.15) is 46.9 Å². The lowest BCUT2D eigenvalue weighted by Crippen LogP contribution is -2.42. The highest BCUT2D eigenvalue weighted by Gasteiger charge is 2.37. The molecule has 6 rings (SSSR count). The number of nitrogens with one attached hydrogen (secondary N) is 2. The van der Waals surface area contributed by atoms with Gasteiger partial charge in [0.1, 0.15) is 0 Å². The van der Waals surface area contributed by atoms with E-state index >= 15 is 0 Å². The number of sulfonamides is 2. The van der Waals surface area contributed by atoms with Crippen LogP contribution in [0.3, 0.4) is 0 Å². The number of alkyl halides is 1. The Kier molecular flexibility index (Phi) is 11.8. The van der Waals surface area contributed by atoms with Gasteiger partial charge in [-0.1, -0.05) is 64.6 Å². The summed E-state index contributed by atoms with van der Waals surface area (Å²) < 4.78 is 57.4. The fraction of sp³-hybridized carbons (Fsp3) is 0.389. The monoisotopic (exact) mass is 796 g/mol. The molecule has 268 valence electrons. The predicted molar refractivity (Wildman–Crippen MR) is 203 cm³/mol. The number of halogens is 4. The van der Waals surface area contributed by atoms with Gasteiger partial charge >= 0.3 is 0 Å². The predicted octanol–water partition coefficient (Wildman–Crippen LogP) is 6.92. The van der Waals surface area contributed by atoms with Crippen LogP contribution in [0, 0.1) is 5.92 Å². The van der Waals surface area contributed by atoms with E-state index in [1.165, 1.54) is 5.57 Å². The van der Waals surface area contributed by atoms with Gasteiger partial charge < -0.3 is 9.80 Å². The third-order valence-corrected chi connectivity index (χ3v) is 13.9. The van der Waals surface area contributed by atoms with Crippen LogP contribution in [0.25, 0.3) is 0 Å². The van der Waals surface area contributed by atoms with Crippen LogP contribution in [0.2, 0.25) is 10.0 Å². The summed E-state index contributed by atoms with van der Waals surface area (Å²) in [7, 11) is -3.41. The molecule has 0 bridgehead atoms. The zero-order valence-corrected chi connectivity index (χ0v) is 32.4.